The van der Waals surface area contributed by atoms with Crippen LogP contribution in [-0.2, 0) is 29.8 Å². The second-order valence-corrected chi connectivity index (χ2v) is 14.3. The summed E-state index contributed by atoms with van der Waals surface area (Å²) in [7, 11) is 0. The van der Waals surface area contributed by atoms with Crippen LogP contribution in [0.2, 0.25) is 0 Å². The molecule has 1 unspecified atom stereocenters. The maximum atomic E-state index is 3.06. The molecule has 0 amide bonds. The molecule has 2 radical (unpaired) electrons. The van der Waals surface area contributed by atoms with Crippen LogP contribution < -0.4 is 0 Å². The number of halogens is 2. The summed E-state index contributed by atoms with van der Waals surface area (Å²) in [5.41, 5.74) is 11.2. The molecule has 0 nitrogen and oxygen atoms in total. The molecule has 0 N–H and O–H groups in total. The number of hydrogen-bond acceptors (Lipinski definition) is 0. The first-order valence-corrected chi connectivity index (χ1v) is 22.4. The van der Waals surface area contributed by atoms with E-state index in [0.717, 1.165) is 18.3 Å². The molecule has 1 aliphatic rings. The number of hydrogen-bond donors (Lipinski definition) is 0. The summed E-state index contributed by atoms with van der Waals surface area (Å²) in [6, 6.07) is 41.2. The number of aryl methyl sites for hydroxylation is 1. The maximum absolute atomic E-state index is 3.06. The summed E-state index contributed by atoms with van der Waals surface area (Å²) >= 11 is 1.36. The van der Waals surface area contributed by atoms with Crippen LogP contribution in [0, 0.1) is 20.8 Å². The second kappa shape index (κ2) is 22.9. The van der Waals surface area contributed by atoms with Crippen molar-refractivity contribution < 1.29 is 23.3 Å². The van der Waals surface area contributed by atoms with Gasteiger partial charge in [0.25, 0.3) is 0 Å². The van der Waals surface area contributed by atoms with Crippen molar-refractivity contribution in [3.8, 4) is 22.3 Å². The van der Waals surface area contributed by atoms with Gasteiger partial charge in [0, 0.05) is 0 Å². The van der Waals surface area contributed by atoms with Crippen LogP contribution in [0.1, 0.15) is 114 Å². The summed E-state index contributed by atoms with van der Waals surface area (Å²) in [5.74, 6) is 2.90. The van der Waals surface area contributed by atoms with Gasteiger partial charge < -0.3 is 14.9 Å². The normalized spacial score (nSPS) is 15.3. The van der Waals surface area contributed by atoms with Crippen molar-refractivity contribution in [3.63, 3.8) is 0 Å². The molecular formula is C48H60Cl2SiZr-4. The molecule has 6 aromatic carbocycles. The number of benzene rings is 4. The van der Waals surface area contributed by atoms with Crippen molar-refractivity contribution in [1.82, 2.24) is 0 Å². The Kier molecular flexibility index (Phi) is 21.0. The summed E-state index contributed by atoms with van der Waals surface area (Å²) in [5, 5.41) is 5.56. The van der Waals surface area contributed by atoms with Gasteiger partial charge in [-0.05, 0) is 71.6 Å². The fourth-order valence-corrected chi connectivity index (χ4v) is 7.37. The molecule has 0 aliphatic heterocycles. The zero-order valence-corrected chi connectivity index (χ0v) is 37.9. The number of rotatable bonds is 7. The molecule has 4 heteroatoms. The quantitative estimate of drug-likeness (QED) is 0.111. The minimum absolute atomic E-state index is 0. The van der Waals surface area contributed by atoms with E-state index in [0.29, 0.717) is 11.8 Å². The topological polar surface area (TPSA) is 0 Å². The minimum atomic E-state index is 0. The summed E-state index contributed by atoms with van der Waals surface area (Å²) in [6.07, 6.45) is 7.77. The molecular weight excluding hydrogens is 767 g/mol. The molecule has 1 saturated carbocycles. The van der Waals surface area contributed by atoms with Crippen molar-refractivity contribution in [2.75, 3.05) is 0 Å². The predicted molar refractivity (Wildman–Crippen MR) is 236 cm³/mol. The Morgan fingerprint density at radius 3 is 1.62 bits per heavy atom. The van der Waals surface area contributed by atoms with E-state index < -0.39 is 0 Å². The average molecular weight is 827 g/mol. The monoisotopic (exact) mass is 824 g/mol. The van der Waals surface area contributed by atoms with Gasteiger partial charge in [-0.1, -0.05) is 126 Å². The first-order valence-electron chi connectivity index (χ1n) is 18.2. The van der Waals surface area contributed by atoms with Gasteiger partial charge in [-0.2, -0.15) is 12.1 Å². The van der Waals surface area contributed by atoms with Crippen LogP contribution in [0.5, 0.6) is 0 Å². The molecule has 0 bridgehead atoms. The molecule has 6 aromatic rings. The molecule has 0 aromatic heterocycles. The molecule has 1 aliphatic carbocycles. The van der Waals surface area contributed by atoms with E-state index in [2.05, 4.69) is 158 Å². The van der Waals surface area contributed by atoms with E-state index >= 15 is 0 Å². The van der Waals surface area contributed by atoms with Gasteiger partial charge in [-0.3, -0.25) is 0 Å². The van der Waals surface area contributed by atoms with Crippen LogP contribution in [0.15, 0.2) is 109 Å². The molecule has 0 spiro atoms. The van der Waals surface area contributed by atoms with Crippen LogP contribution in [0.3, 0.4) is 0 Å². The van der Waals surface area contributed by atoms with Gasteiger partial charge in [-0.25, -0.2) is 0 Å². The van der Waals surface area contributed by atoms with E-state index in [9.17, 15) is 0 Å². The Labute approximate surface area is 346 Å². The zero-order valence-electron chi connectivity index (χ0n) is 32.8. The Morgan fingerprint density at radius 2 is 1.13 bits per heavy atom. The summed E-state index contributed by atoms with van der Waals surface area (Å²) < 4.78 is 0. The van der Waals surface area contributed by atoms with Gasteiger partial charge >= 0.3 is 30.2 Å². The SMILES string of the molecule is CC1CCC(c2cc3c(-c4ccc(C(C)C)cc4)cccc3[cH-]2)CC1.CCc1cc2c(-c3ccc(C(C)CC)cc3)cccc2[cH-]1.Cl.Cl.[CH3-].[CH3-].[Si]=[Zr]. The molecule has 0 heterocycles. The molecule has 1 atom stereocenters. The Hall–Kier alpha value is -2.22. The van der Waals surface area contributed by atoms with Gasteiger partial charge in [-0.15, -0.1) is 93.9 Å². The third-order valence-corrected chi connectivity index (χ3v) is 10.8. The van der Waals surface area contributed by atoms with Crippen molar-refractivity contribution in [1.29, 1.82) is 0 Å². The molecule has 52 heavy (non-hydrogen) atoms. The van der Waals surface area contributed by atoms with E-state index in [4.69, 9.17) is 0 Å². The van der Waals surface area contributed by atoms with E-state index in [1.165, 1.54) is 116 Å². The van der Waals surface area contributed by atoms with Crippen LogP contribution in [0.25, 0.3) is 43.8 Å². The van der Waals surface area contributed by atoms with Gasteiger partial charge in [0.1, 0.15) is 0 Å². The average Bonchev–Trinajstić information content (AvgIpc) is 3.77. The van der Waals surface area contributed by atoms with Crippen molar-refractivity contribution in [2.45, 2.75) is 97.8 Å². The third-order valence-electron chi connectivity index (χ3n) is 10.8. The Bertz CT molecular complexity index is 1890. The fourth-order valence-electron chi connectivity index (χ4n) is 7.37. The van der Waals surface area contributed by atoms with Crippen molar-refractivity contribution >= 4 is 53.2 Å². The van der Waals surface area contributed by atoms with Crippen molar-refractivity contribution in [2.24, 2.45) is 5.92 Å². The summed E-state index contributed by atoms with van der Waals surface area (Å²) in [4.78, 5) is 0. The van der Waals surface area contributed by atoms with Gasteiger partial charge in [0.15, 0.2) is 0 Å². The van der Waals surface area contributed by atoms with Crippen LogP contribution in [0.4, 0.5) is 0 Å². The first-order chi connectivity index (χ1) is 23.3. The molecule has 7 rings (SSSR count). The third kappa shape index (κ3) is 11.4. The van der Waals surface area contributed by atoms with Crippen LogP contribution >= 0.6 is 24.8 Å². The van der Waals surface area contributed by atoms with Gasteiger partial charge in [0.05, 0.1) is 0 Å². The van der Waals surface area contributed by atoms with Crippen LogP contribution in [-0.4, -0.2) is 6.88 Å². The number of fused-ring (bicyclic) bond motifs is 2. The van der Waals surface area contributed by atoms with Gasteiger partial charge in [0.2, 0.25) is 0 Å². The fraction of sp³-hybridized carbons (Fsp3) is 0.333. The van der Waals surface area contributed by atoms with E-state index in [1.807, 2.05) is 0 Å². The summed E-state index contributed by atoms with van der Waals surface area (Å²) in [6.45, 7) is 16.7. The van der Waals surface area contributed by atoms with E-state index in [-0.39, 0.29) is 39.7 Å². The zero-order chi connectivity index (χ0) is 34.2. The van der Waals surface area contributed by atoms with E-state index in [1.54, 1.807) is 5.56 Å². The standard InChI is InChI=1S/C25H29.C21H23.2CH3.2ClH.Si.Zr/c1-17(2)19-11-13-21(14-12-19)24-6-4-5-22-15-23(16-25(22)24)20-9-7-18(3)8-10-20;1-4-15(3)17-9-11-18(12-10-17)20-8-6-7-19-13-16(5-2)14-21(19)20;;;;;;/h4-6,11-18,20H,7-10H2,1-3H3;6-15H,4-5H2,1-3H3;2*1H3;2*1H;;/q4*-1;;;;. The molecule has 1 fully saturated rings. The predicted octanol–water partition coefficient (Wildman–Crippen LogP) is 15.3. The molecule has 278 valence electrons. The molecule has 0 saturated heterocycles. The Morgan fingerprint density at radius 1 is 0.654 bits per heavy atom. The second-order valence-electron chi connectivity index (χ2n) is 14.3. The van der Waals surface area contributed by atoms with Crippen molar-refractivity contribution in [3.05, 3.63) is 146 Å². The first kappa shape index (κ1) is 47.8. The Balaban J connectivity index is 0.000000468.